The second kappa shape index (κ2) is 6.98. The number of hydrogen-bond donors (Lipinski definition) is 1. The van der Waals surface area contributed by atoms with Gasteiger partial charge in [0, 0.05) is 24.2 Å². The topological polar surface area (TPSA) is 53.7 Å². The molecule has 1 fully saturated rings. The molecule has 2 aromatic rings. The van der Waals surface area contributed by atoms with E-state index in [2.05, 4.69) is 11.8 Å². The lowest BCUT2D eigenvalue weighted by atomic mass is 9.96. The Kier molecular flexibility index (Phi) is 4.95. The van der Waals surface area contributed by atoms with Crippen molar-refractivity contribution in [2.45, 2.75) is 65.5 Å². The fourth-order valence-corrected chi connectivity index (χ4v) is 3.97. The summed E-state index contributed by atoms with van der Waals surface area (Å²) in [5.74, 6) is 0.283. The number of aromatic hydroxyl groups is 1. The summed E-state index contributed by atoms with van der Waals surface area (Å²) >= 11 is 0. The molecule has 1 N–H and O–H groups in total. The van der Waals surface area contributed by atoms with Crippen LogP contribution >= 0.6 is 0 Å². The van der Waals surface area contributed by atoms with Crippen LogP contribution in [-0.4, -0.2) is 22.6 Å². The lowest BCUT2D eigenvalue weighted by molar-refractivity contribution is 0.135. The zero-order chi connectivity index (χ0) is 17.3. The van der Waals surface area contributed by atoms with Gasteiger partial charge in [-0.25, -0.2) is 4.79 Å². The third-order valence-corrected chi connectivity index (χ3v) is 5.38. The van der Waals surface area contributed by atoms with Gasteiger partial charge in [0.25, 0.3) is 0 Å². The molecule has 0 radical (unpaired) electrons. The number of nitrogens with zero attached hydrogens (tertiary/aromatic N) is 1. The molecule has 24 heavy (non-hydrogen) atoms. The first-order chi connectivity index (χ1) is 11.5. The average Bonchev–Trinajstić information content (AvgIpc) is 2.57. The monoisotopic (exact) mass is 329 g/mol. The molecule has 0 spiro atoms. The molecule has 1 aliphatic rings. The minimum Gasteiger partial charge on any atom is -0.507 e. The van der Waals surface area contributed by atoms with Crippen molar-refractivity contribution in [3.63, 3.8) is 0 Å². The molecule has 0 saturated carbocycles. The van der Waals surface area contributed by atoms with Gasteiger partial charge in [-0.3, -0.25) is 4.90 Å². The summed E-state index contributed by atoms with van der Waals surface area (Å²) < 4.78 is 5.32. The Hall–Kier alpha value is -1.81. The fraction of sp³-hybridized carbons (Fsp3) is 0.550. The summed E-state index contributed by atoms with van der Waals surface area (Å²) in [4.78, 5) is 14.2. The fourth-order valence-electron chi connectivity index (χ4n) is 3.97. The van der Waals surface area contributed by atoms with Gasteiger partial charge in [-0.2, -0.15) is 0 Å². The number of hydrogen-bond acceptors (Lipinski definition) is 4. The van der Waals surface area contributed by atoms with E-state index in [-0.39, 0.29) is 11.4 Å². The normalized spacial score (nSPS) is 19.0. The van der Waals surface area contributed by atoms with Gasteiger partial charge in [-0.1, -0.05) is 20.3 Å². The molecule has 4 nitrogen and oxygen atoms in total. The van der Waals surface area contributed by atoms with Crippen LogP contribution in [-0.2, 0) is 13.0 Å². The first-order valence-electron chi connectivity index (χ1n) is 9.07. The maximum Gasteiger partial charge on any atom is 0.336 e. The lowest BCUT2D eigenvalue weighted by Gasteiger charge is -2.35. The Bertz CT molecular complexity index is 794. The van der Waals surface area contributed by atoms with Crippen molar-refractivity contribution in [3.05, 3.63) is 39.2 Å². The van der Waals surface area contributed by atoms with Crippen LogP contribution in [0.15, 0.2) is 21.3 Å². The second-order valence-electron chi connectivity index (χ2n) is 6.87. The number of phenolic OH excluding ortho intramolecular Hbond substituents is 1. The number of benzene rings is 1. The van der Waals surface area contributed by atoms with Crippen LogP contribution in [0.4, 0.5) is 0 Å². The molecular formula is C20H27NO3. The Morgan fingerprint density at radius 3 is 2.79 bits per heavy atom. The third kappa shape index (κ3) is 3.07. The largest absolute Gasteiger partial charge is 0.507 e. The molecule has 1 aliphatic heterocycles. The van der Waals surface area contributed by atoms with E-state index in [0.29, 0.717) is 23.4 Å². The Balaban J connectivity index is 2.08. The van der Waals surface area contributed by atoms with Crippen molar-refractivity contribution in [3.8, 4) is 5.75 Å². The van der Waals surface area contributed by atoms with E-state index >= 15 is 0 Å². The predicted octanol–water partition coefficient (Wildman–Crippen LogP) is 4.13. The van der Waals surface area contributed by atoms with Crippen molar-refractivity contribution in [2.24, 2.45) is 0 Å². The van der Waals surface area contributed by atoms with Crippen molar-refractivity contribution >= 4 is 11.0 Å². The van der Waals surface area contributed by atoms with E-state index in [9.17, 15) is 9.90 Å². The molecule has 1 saturated heterocycles. The highest BCUT2D eigenvalue weighted by Gasteiger charge is 2.24. The number of rotatable bonds is 4. The molecule has 0 bridgehead atoms. The zero-order valence-corrected chi connectivity index (χ0v) is 14.9. The predicted molar refractivity (Wildman–Crippen MR) is 96.6 cm³/mol. The number of likely N-dealkylation sites (tertiary alicyclic amines) is 1. The van der Waals surface area contributed by atoms with Crippen LogP contribution in [0.25, 0.3) is 11.0 Å². The van der Waals surface area contributed by atoms with Gasteiger partial charge in [-0.05, 0) is 56.3 Å². The molecule has 3 rings (SSSR count). The Labute approximate surface area is 143 Å². The molecule has 1 aromatic carbocycles. The average molecular weight is 329 g/mol. The SMILES string of the molecule is CCc1cc(=O)oc2cc(C)c(CN3CCCCC3CC)c(O)c12. The van der Waals surface area contributed by atoms with Gasteiger partial charge in [0.15, 0.2) is 0 Å². The summed E-state index contributed by atoms with van der Waals surface area (Å²) in [6.45, 7) is 8.05. The number of piperidine rings is 1. The van der Waals surface area contributed by atoms with Gasteiger partial charge in [0.1, 0.15) is 11.3 Å². The molecule has 2 heterocycles. The van der Waals surface area contributed by atoms with E-state index in [0.717, 1.165) is 36.2 Å². The van der Waals surface area contributed by atoms with Gasteiger partial charge in [0.05, 0.1) is 5.39 Å². The quantitative estimate of drug-likeness (QED) is 0.857. The smallest absolute Gasteiger partial charge is 0.336 e. The molecule has 130 valence electrons. The standard InChI is InChI=1S/C20H27NO3/c1-4-14-11-18(22)24-17-10-13(3)16(20(23)19(14)17)12-21-9-7-6-8-15(21)5-2/h10-11,15,23H,4-9,12H2,1-3H3. The van der Waals surface area contributed by atoms with E-state index < -0.39 is 0 Å². The van der Waals surface area contributed by atoms with E-state index in [1.54, 1.807) is 0 Å². The highest BCUT2D eigenvalue weighted by molar-refractivity contribution is 5.88. The molecule has 0 amide bonds. The number of fused-ring (bicyclic) bond motifs is 1. The zero-order valence-electron chi connectivity index (χ0n) is 14.9. The highest BCUT2D eigenvalue weighted by Crippen LogP contribution is 2.35. The van der Waals surface area contributed by atoms with E-state index in [1.807, 2.05) is 19.9 Å². The molecule has 1 atom stereocenters. The second-order valence-corrected chi connectivity index (χ2v) is 6.87. The maximum atomic E-state index is 11.7. The van der Waals surface area contributed by atoms with Gasteiger partial charge >= 0.3 is 5.63 Å². The minimum atomic E-state index is -0.354. The van der Waals surface area contributed by atoms with Crippen LogP contribution in [0.1, 0.15) is 56.2 Å². The van der Waals surface area contributed by atoms with Crippen LogP contribution < -0.4 is 5.63 Å². The first kappa shape index (κ1) is 17.0. The Morgan fingerprint density at radius 2 is 2.08 bits per heavy atom. The first-order valence-corrected chi connectivity index (χ1v) is 9.07. The summed E-state index contributed by atoms with van der Waals surface area (Å²) in [7, 11) is 0. The molecule has 1 aromatic heterocycles. The van der Waals surface area contributed by atoms with Crippen LogP contribution in [0.5, 0.6) is 5.75 Å². The molecular weight excluding hydrogens is 302 g/mol. The van der Waals surface area contributed by atoms with Crippen molar-refractivity contribution in [2.75, 3.05) is 6.54 Å². The number of phenols is 1. The van der Waals surface area contributed by atoms with Gasteiger partial charge in [-0.15, -0.1) is 0 Å². The van der Waals surface area contributed by atoms with Crippen LogP contribution in [0, 0.1) is 6.92 Å². The highest BCUT2D eigenvalue weighted by atomic mass is 16.4. The van der Waals surface area contributed by atoms with Crippen molar-refractivity contribution < 1.29 is 9.52 Å². The maximum absolute atomic E-state index is 11.7. The van der Waals surface area contributed by atoms with Gasteiger partial charge in [0.2, 0.25) is 0 Å². The van der Waals surface area contributed by atoms with Gasteiger partial charge < -0.3 is 9.52 Å². The third-order valence-electron chi connectivity index (χ3n) is 5.38. The lowest BCUT2D eigenvalue weighted by Crippen LogP contribution is -2.38. The molecule has 0 aliphatic carbocycles. The van der Waals surface area contributed by atoms with E-state index in [1.165, 1.54) is 25.3 Å². The summed E-state index contributed by atoms with van der Waals surface area (Å²) in [6, 6.07) is 3.99. The molecule has 1 unspecified atom stereocenters. The summed E-state index contributed by atoms with van der Waals surface area (Å²) in [6.07, 6.45) is 5.59. The summed E-state index contributed by atoms with van der Waals surface area (Å²) in [5.41, 5.74) is 2.94. The summed E-state index contributed by atoms with van der Waals surface area (Å²) in [5, 5.41) is 11.6. The minimum absolute atomic E-state index is 0.283. The van der Waals surface area contributed by atoms with Crippen LogP contribution in [0.3, 0.4) is 0 Å². The van der Waals surface area contributed by atoms with Crippen molar-refractivity contribution in [1.82, 2.24) is 4.90 Å². The number of aryl methyl sites for hydroxylation is 2. The van der Waals surface area contributed by atoms with Crippen molar-refractivity contribution in [1.29, 1.82) is 0 Å². The van der Waals surface area contributed by atoms with Crippen LogP contribution in [0.2, 0.25) is 0 Å². The molecule has 4 heteroatoms. The Morgan fingerprint density at radius 1 is 1.29 bits per heavy atom. The van der Waals surface area contributed by atoms with E-state index in [4.69, 9.17) is 4.42 Å².